The summed E-state index contributed by atoms with van der Waals surface area (Å²) in [6.07, 6.45) is 4.04. The number of rotatable bonds is 1. The average molecular weight is 154 g/mol. The Labute approximate surface area is 69.1 Å². The van der Waals surface area contributed by atoms with Gasteiger partial charge >= 0.3 is 0 Å². The molecule has 0 amide bonds. The molecule has 0 aromatic carbocycles. The van der Waals surface area contributed by atoms with Crippen LogP contribution in [-0.2, 0) is 0 Å². The lowest BCUT2D eigenvalue weighted by molar-refractivity contribution is 0.0346. The average Bonchev–Trinajstić information content (AvgIpc) is 1.96. The number of hydrogen-bond donors (Lipinski definition) is 1. The fourth-order valence-electron chi connectivity index (χ4n) is 2.00. The minimum Gasteiger partial charge on any atom is -0.393 e. The van der Waals surface area contributed by atoms with Crippen molar-refractivity contribution in [2.45, 2.75) is 32.8 Å². The number of hydrogen-bond acceptors (Lipinski definition) is 1. The van der Waals surface area contributed by atoms with E-state index in [4.69, 9.17) is 0 Å². The molecule has 1 nitrogen and oxygen atoms in total. The molecule has 0 radical (unpaired) electrons. The Balaban J connectivity index is 2.58. The van der Waals surface area contributed by atoms with E-state index >= 15 is 0 Å². The first kappa shape index (κ1) is 8.79. The summed E-state index contributed by atoms with van der Waals surface area (Å²) in [7, 11) is 0. The third-order valence-corrected chi connectivity index (χ3v) is 2.90. The van der Waals surface area contributed by atoms with Crippen LogP contribution in [0.4, 0.5) is 0 Å². The second-order valence-electron chi connectivity index (χ2n) is 3.90. The van der Waals surface area contributed by atoms with Gasteiger partial charge in [-0.1, -0.05) is 19.9 Å². The Morgan fingerprint density at radius 1 is 1.36 bits per heavy atom. The molecule has 1 fully saturated rings. The Bertz CT molecular complexity index is 142. The second kappa shape index (κ2) is 3.40. The van der Waals surface area contributed by atoms with E-state index in [9.17, 15) is 5.11 Å². The molecule has 1 heteroatoms. The monoisotopic (exact) mass is 154 g/mol. The Kier molecular flexibility index (Phi) is 2.72. The topological polar surface area (TPSA) is 20.2 Å². The molecule has 1 rings (SSSR count). The maximum absolute atomic E-state index is 9.60. The van der Waals surface area contributed by atoms with Gasteiger partial charge in [-0.15, -0.1) is 6.58 Å². The molecule has 1 N–H and O–H groups in total. The summed E-state index contributed by atoms with van der Waals surface area (Å²) < 4.78 is 0. The third kappa shape index (κ3) is 1.84. The van der Waals surface area contributed by atoms with Gasteiger partial charge in [0.25, 0.3) is 0 Å². The summed E-state index contributed by atoms with van der Waals surface area (Å²) in [4.78, 5) is 0. The van der Waals surface area contributed by atoms with E-state index in [1.165, 1.54) is 6.42 Å². The van der Waals surface area contributed by atoms with Crippen molar-refractivity contribution < 1.29 is 5.11 Å². The van der Waals surface area contributed by atoms with Crippen LogP contribution in [0.1, 0.15) is 26.7 Å². The van der Waals surface area contributed by atoms with Crippen molar-refractivity contribution in [3.05, 3.63) is 12.7 Å². The van der Waals surface area contributed by atoms with E-state index < -0.39 is 0 Å². The summed E-state index contributed by atoms with van der Waals surface area (Å²) in [6, 6.07) is 0. The van der Waals surface area contributed by atoms with E-state index in [1.807, 2.05) is 6.08 Å². The van der Waals surface area contributed by atoms with Crippen molar-refractivity contribution in [3.8, 4) is 0 Å². The molecule has 0 aromatic heterocycles. The lowest BCUT2D eigenvalue weighted by Gasteiger charge is -2.34. The zero-order chi connectivity index (χ0) is 8.43. The van der Waals surface area contributed by atoms with Crippen molar-refractivity contribution in [1.82, 2.24) is 0 Å². The number of aliphatic hydroxyl groups excluding tert-OH is 1. The molecule has 64 valence electrons. The minimum absolute atomic E-state index is 0.109. The zero-order valence-corrected chi connectivity index (χ0v) is 7.46. The number of aliphatic hydroxyl groups is 1. The number of allylic oxidation sites excluding steroid dienone is 1. The smallest absolute Gasteiger partial charge is 0.0573 e. The maximum atomic E-state index is 9.60. The fraction of sp³-hybridized carbons (Fsp3) is 0.800. The van der Waals surface area contributed by atoms with Gasteiger partial charge in [-0.2, -0.15) is 0 Å². The zero-order valence-electron chi connectivity index (χ0n) is 7.46. The SMILES string of the molecule is C=CC1CC(C)CC(O)C1C. The van der Waals surface area contributed by atoms with Crippen LogP contribution >= 0.6 is 0 Å². The molecule has 1 saturated carbocycles. The molecular weight excluding hydrogens is 136 g/mol. The first-order chi connectivity index (χ1) is 5.15. The highest BCUT2D eigenvalue weighted by molar-refractivity contribution is 4.91. The maximum Gasteiger partial charge on any atom is 0.0573 e. The molecule has 0 aliphatic heterocycles. The van der Waals surface area contributed by atoms with E-state index in [0.29, 0.717) is 17.8 Å². The van der Waals surface area contributed by atoms with Crippen LogP contribution in [-0.4, -0.2) is 11.2 Å². The predicted octanol–water partition coefficient (Wildman–Crippen LogP) is 2.22. The lowest BCUT2D eigenvalue weighted by atomic mass is 9.74. The van der Waals surface area contributed by atoms with Crippen LogP contribution in [0, 0.1) is 17.8 Å². The molecule has 11 heavy (non-hydrogen) atoms. The molecule has 0 bridgehead atoms. The van der Waals surface area contributed by atoms with Crippen LogP contribution < -0.4 is 0 Å². The van der Waals surface area contributed by atoms with Crippen molar-refractivity contribution in [3.63, 3.8) is 0 Å². The highest BCUT2D eigenvalue weighted by Crippen LogP contribution is 2.34. The van der Waals surface area contributed by atoms with Gasteiger partial charge in [-0.3, -0.25) is 0 Å². The van der Waals surface area contributed by atoms with Crippen molar-refractivity contribution in [2.24, 2.45) is 17.8 Å². The van der Waals surface area contributed by atoms with E-state index in [2.05, 4.69) is 20.4 Å². The van der Waals surface area contributed by atoms with Crippen LogP contribution in [0.2, 0.25) is 0 Å². The van der Waals surface area contributed by atoms with Gasteiger partial charge in [0.2, 0.25) is 0 Å². The first-order valence-electron chi connectivity index (χ1n) is 4.45. The van der Waals surface area contributed by atoms with Gasteiger partial charge in [0, 0.05) is 0 Å². The van der Waals surface area contributed by atoms with Crippen LogP contribution in [0.15, 0.2) is 12.7 Å². The van der Waals surface area contributed by atoms with Crippen LogP contribution in [0.25, 0.3) is 0 Å². The van der Waals surface area contributed by atoms with Crippen LogP contribution in [0.5, 0.6) is 0 Å². The van der Waals surface area contributed by atoms with Gasteiger partial charge in [0.15, 0.2) is 0 Å². The van der Waals surface area contributed by atoms with Gasteiger partial charge in [0.05, 0.1) is 6.10 Å². The van der Waals surface area contributed by atoms with Crippen molar-refractivity contribution in [1.29, 1.82) is 0 Å². The lowest BCUT2D eigenvalue weighted by Crippen LogP contribution is -2.32. The largest absolute Gasteiger partial charge is 0.393 e. The highest BCUT2D eigenvalue weighted by atomic mass is 16.3. The van der Waals surface area contributed by atoms with Gasteiger partial charge in [0.1, 0.15) is 0 Å². The molecular formula is C10H18O. The van der Waals surface area contributed by atoms with Gasteiger partial charge in [-0.25, -0.2) is 0 Å². The molecule has 4 unspecified atom stereocenters. The highest BCUT2D eigenvalue weighted by Gasteiger charge is 2.29. The Hall–Kier alpha value is -0.300. The Morgan fingerprint density at radius 3 is 2.55 bits per heavy atom. The normalized spacial score (nSPS) is 45.4. The summed E-state index contributed by atoms with van der Waals surface area (Å²) in [5.74, 6) is 1.58. The van der Waals surface area contributed by atoms with Crippen molar-refractivity contribution >= 4 is 0 Å². The van der Waals surface area contributed by atoms with E-state index in [0.717, 1.165) is 6.42 Å². The standard InChI is InChI=1S/C10H18O/c1-4-9-5-7(2)6-10(11)8(9)3/h4,7-11H,1,5-6H2,2-3H3. The second-order valence-corrected chi connectivity index (χ2v) is 3.90. The molecule has 0 spiro atoms. The molecule has 1 aliphatic carbocycles. The predicted molar refractivity (Wildman–Crippen MR) is 47.3 cm³/mol. The Morgan fingerprint density at radius 2 is 2.00 bits per heavy atom. The van der Waals surface area contributed by atoms with Gasteiger partial charge < -0.3 is 5.11 Å². The molecule has 4 atom stereocenters. The van der Waals surface area contributed by atoms with Gasteiger partial charge in [-0.05, 0) is 30.6 Å². The quantitative estimate of drug-likeness (QED) is 0.574. The third-order valence-electron chi connectivity index (χ3n) is 2.90. The summed E-state index contributed by atoms with van der Waals surface area (Å²) in [6.45, 7) is 8.11. The van der Waals surface area contributed by atoms with Crippen LogP contribution in [0.3, 0.4) is 0 Å². The summed E-state index contributed by atoms with van der Waals surface area (Å²) in [5.41, 5.74) is 0. The minimum atomic E-state index is -0.109. The molecule has 0 heterocycles. The fourth-order valence-corrected chi connectivity index (χ4v) is 2.00. The summed E-state index contributed by atoms with van der Waals surface area (Å²) in [5, 5.41) is 9.60. The molecule has 0 saturated heterocycles. The summed E-state index contributed by atoms with van der Waals surface area (Å²) >= 11 is 0. The van der Waals surface area contributed by atoms with E-state index in [-0.39, 0.29) is 6.10 Å². The van der Waals surface area contributed by atoms with E-state index in [1.54, 1.807) is 0 Å². The molecule has 0 aromatic rings. The first-order valence-corrected chi connectivity index (χ1v) is 4.45. The molecule has 1 aliphatic rings. The van der Waals surface area contributed by atoms with Crippen molar-refractivity contribution in [2.75, 3.05) is 0 Å².